The van der Waals surface area contributed by atoms with Gasteiger partial charge in [-0.2, -0.15) is 0 Å². The van der Waals surface area contributed by atoms with E-state index in [9.17, 15) is 14.4 Å². The molecule has 0 spiro atoms. The summed E-state index contributed by atoms with van der Waals surface area (Å²) in [5, 5.41) is 10.1. The van der Waals surface area contributed by atoms with Crippen LogP contribution in [0.1, 0.15) is 13.8 Å². The normalized spacial score (nSPS) is 11.2. The summed E-state index contributed by atoms with van der Waals surface area (Å²) < 4.78 is 0. The molecular formula is C13H18N4O3. The van der Waals surface area contributed by atoms with Crippen molar-refractivity contribution < 1.29 is 14.4 Å². The van der Waals surface area contributed by atoms with Gasteiger partial charge in [-0.1, -0.05) is 0 Å². The smallest absolute Gasteiger partial charge is 0.321 e. The monoisotopic (exact) mass is 278 g/mol. The SMILES string of the molecule is CNC(=O)NC(=O)C(C)Nc1ccc(NC(C)=O)cc1. The van der Waals surface area contributed by atoms with Gasteiger partial charge < -0.3 is 16.0 Å². The summed E-state index contributed by atoms with van der Waals surface area (Å²) in [7, 11) is 1.43. The fourth-order valence-electron chi connectivity index (χ4n) is 1.45. The third-order valence-electron chi connectivity index (χ3n) is 2.45. The first-order chi connectivity index (χ1) is 9.42. The summed E-state index contributed by atoms with van der Waals surface area (Å²) in [6.07, 6.45) is 0. The maximum Gasteiger partial charge on any atom is 0.321 e. The highest BCUT2D eigenvalue weighted by Crippen LogP contribution is 2.14. The van der Waals surface area contributed by atoms with E-state index < -0.39 is 18.0 Å². The Kier molecular flexibility index (Phi) is 5.52. The molecule has 1 rings (SSSR count). The molecule has 0 aliphatic heterocycles. The average Bonchev–Trinajstić information content (AvgIpc) is 2.40. The predicted octanol–water partition coefficient (Wildman–Crippen LogP) is 0.901. The Hall–Kier alpha value is -2.57. The van der Waals surface area contributed by atoms with E-state index in [1.165, 1.54) is 14.0 Å². The lowest BCUT2D eigenvalue weighted by molar-refractivity contribution is -0.120. The molecule has 0 saturated carbocycles. The number of hydrogen-bond acceptors (Lipinski definition) is 4. The minimum atomic E-state index is -0.570. The van der Waals surface area contributed by atoms with Crippen LogP contribution < -0.4 is 21.3 Å². The highest BCUT2D eigenvalue weighted by Gasteiger charge is 2.14. The number of carbonyl (C=O) groups is 3. The minimum absolute atomic E-state index is 0.149. The Morgan fingerprint density at radius 3 is 2.10 bits per heavy atom. The second-order valence-electron chi connectivity index (χ2n) is 4.19. The Morgan fingerprint density at radius 1 is 1.05 bits per heavy atom. The van der Waals surface area contributed by atoms with Gasteiger partial charge in [-0.3, -0.25) is 14.9 Å². The highest BCUT2D eigenvalue weighted by molar-refractivity contribution is 5.97. The third-order valence-corrected chi connectivity index (χ3v) is 2.45. The second kappa shape index (κ2) is 7.13. The third kappa shape index (κ3) is 4.97. The summed E-state index contributed by atoms with van der Waals surface area (Å²) in [6.45, 7) is 3.07. The van der Waals surface area contributed by atoms with Crippen LogP contribution in [0.3, 0.4) is 0 Å². The van der Waals surface area contributed by atoms with Crippen LogP contribution in [-0.2, 0) is 9.59 Å². The maximum atomic E-state index is 11.6. The van der Waals surface area contributed by atoms with Crippen molar-refractivity contribution in [2.24, 2.45) is 0 Å². The van der Waals surface area contributed by atoms with Gasteiger partial charge in [0.15, 0.2) is 0 Å². The maximum absolute atomic E-state index is 11.6. The van der Waals surface area contributed by atoms with Gasteiger partial charge in [-0.05, 0) is 31.2 Å². The van der Waals surface area contributed by atoms with Gasteiger partial charge >= 0.3 is 6.03 Å². The number of urea groups is 1. The molecular weight excluding hydrogens is 260 g/mol. The summed E-state index contributed by atoms with van der Waals surface area (Å²) >= 11 is 0. The Balaban J connectivity index is 2.57. The van der Waals surface area contributed by atoms with Crippen LogP contribution in [0.4, 0.5) is 16.2 Å². The van der Waals surface area contributed by atoms with E-state index in [0.717, 1.165) is 0 Å². The zero-order chi connectivity index (χ0) is 15.1. The van der Waals surface area contributed by atoms with Crippen molar-refractivity contribution in [3.8, 4) is 0 Å². The fraction of sp³-hybridized carbons (Fsp3) is 0.308. The van der Waals surface area contributed by atoms with Gasteiger partial charge in [0, 0.05) is 25.3 Å². The van der Waals surface area contributed by atoms with Gasteiger partial charge in [0.25, 0.3) is 0 Å². The molecule has 4 N–H and O–H groups in total. The molecule has 0 aliphatic carbocycles. The lowest BCUT2D eigenvalue weighted by Gasteiger charge is -2.14. The van der Waals surface area contributed by atoms with E-state index in [1.54, 1.807) is 31.2 Å². The summed E-state index contributed by atoms with van der Waals surface area (Å²) in [4.78, 5) is 33.5. The molecule has 7 nitrogen and oxygen atoms in total. The second-order valence-corrected chi connectivity index (χ2v) is 4.19. The van der Waals surface area contributed by atoms with Crippen LogP contribution in [0, 0.1) is 0 Å². The minimum Gasteiger partial charge on any atom is -0.374 e. The average molecular weight is 278 g/mol. The molecule has 0 saturated heterocycles. The van der Waals surface area contributed by atoms with Crippen LogP contribution in [0.2, 0.25) is 0 Å². The van der Waals surface area contributed by atoms with E-state index in [-0.39, 0.29) is 5.91 Å². The molecule has 108 valence electrons. The van der Waals surface area contributed by atoms with Crippen molar-refractivity contribution in [3.05, 3.63) is 24.3 Å². The topological polar surface area (TPSA) is 99.3 Å². The fourth-order valence-corrected chi connectivity index (χ4v) is 1.45. The first-order valence-electron chi connectivity index (χ1n) is 6.09. The van der Waals surface area contributed by atoms with Gasteiger partial charge in [0.2, 0.25) is 11.8 Å². The number of benzene rings is 1. The van der Waals surface area contributed by atoms with E-state index in [1.807, 2.05) is 0 Å². The first kappa shape index (κ1) is 15.5. The van der Waals surface area contributed by atoms with E-state index in [0.29, 0.717) is 11.4 Å². The van der Waals surface area contributed by atoms with Crippen LogP contribution in [-0.4, -0.2) is 30.9 Å². The summed E-state index contributed by atoms with van der Waals surface area (Å²) in [5.74, 6) is -0.584. The molecule has 0 fully saturated rings. The number of rotatable bonds is 4. The highest BCUT2D eigenvalue weighted by atomic mass is 16.2. The number of hydrogen-bond donors (Lipinski definition) is 4. The van der Waals surface area contributed by atoms with E-state index >= 15 is 0 Å². The van der Waals surface area contributed by atoms with Crippen LogP contribution in [0.25, 0.3) is 0 Å². The molecule has 4 amide bonds. The van der Waals surface area contributed by atoms with Crippen LogP contribution in [0.15, 0.2) is 24.3 Å². The quantitative estimate of drug-likeness (QED) is 0.657. The van der Waals surface area contributed by atoms with Crippen molar-refractivity contribution in [1.29, 1.82) is 0 Å². The van der Waals surface area contributed by atoms with Gasteiger partial charge in [0.1, 0.15) is 6.04 Å². The largest absolute Gasteiger partial charge is 0.374 e. The van der Waals surface area contributed by atoms with Gasteiger partial charge in [0.05, 0.1) is 0 Å². The molecule has 7 heteroatoms. The first-order valence-corrected chi connectivity index (χ1v) is 6.09. The summed E-state index contributed by atoms with van der Waals surface area (Å²) in [6, 6.07) is 5.77. The van der Waals surface area contributed by atoms with Crippen molar-refractivity contribution >= 4 is 29.2 Å². The van der Waals surface area contributed by atoms with Crippen molar-refractivity contribution in [1.82, 2.24) is 10.6 Å². The zero-order valence-corrected chi connectivity index (χ0v) is 11.6. The van der Waals surface area contributed by atoms with Crippen molar-refractivity contribution in [2.75, 3.05) is 17.7 Å². The molecule has 0 bridgehead atoms. The molecule has 20 heavy (non-hydrogen) atoms. The van der Waals surface area contributed by atoms with Crippen molar-refractivity contribution in [3.63, 3.8) is 0 Å². The zero-order valence-electron chi connectivity index (χ0n) is 11.6. The van der Waals surface area contributed by atoms with E-state index in [2.05, 4.69) is 21.3 Å². The Labute approximate surface area is 117 Å². The lowest BCUT2D eigenvalue weighted by atomic mass is 10.2. The molecule has 0 aromatic heterocycles. The number of nitrogens with one attached hydrogen (secondary N) is 4. The molecule has 0 heterocycles. The summed E-state index contributed by atoms with van der Waals surface area (Å²) in [5.41, 5.74) is 1.38. The predicted molar refractivity (Wildman–Crippen MR) is 76.4 cm³/mol. The van der Waals surface area contributed by atoms with Gasteiger partial charge in [-0.25, -0.2) is 4.79 Å². The Morgan fingerprint density at radius 2 is 1.60 bits per heavy atom. The van der Waals surface area contributed by atoms with Crippen molar-refractivity contribution in [2.45, 2.75) is 19.9 Å². The molecule has 1 unspecified atom stereocenters. The van der Waals surface area contributed by atoms with Crippen LogP contribution in [0.5, 0.6) is 0 Å². The number of carbonyl (C=O) groups excluding carboxylic acids is 3. The van der Waals surface area contributed by atoms with Crippen LogP contribution >= 0.6 is 0 Å². The number of amides is 4. The van der Waals surface area contributed by atoms with E-state index in [4.69, 9.17) is 0 Å². The molecule has 1 atom stereocenters. The lowest BCUT2D eigenvalue weighted by Crippen LogP contribution is -2.44. The molecule has 1 aromatic rings. The number of anilines is 2. The molecule has 0 radical (unpaired) electrons. The Bertz CT molecular complexity index is 499. The number of imide groups is 1. The molecule has 0 aliphatic rings. The standard InChI is InChI=1S/C13H18N4O3/c1-8(12(19)17-13(20)14-3)15-10-4-6-11(7-5-10)16-9(2)18/h4-8,15H,1-3H3,(H,16,18)(H2,14,17,19,20). The van der Waals surface area contributed by atoms with Gasteiger partial charge in [-0.15, -0.1) is 0 Å². The molecule has 1 aromatic carbocycles.